The van der Waals surface area contributed by atoms with Gasteiger partial charge in [0.25, 0.3) is 17.4 Å². The van der Waals surface area contributed by atoms with Crippen LogP contribution >= 0.6 is 0 Å². The van der Waals surface area contributed by atoms with E-state index in [-0.39, 0.29) is 41.7 Å². The van der Waals surface area contributed by atoms with E-state index >= 15 is 0 Å². The Morgan fingerprint density at radius 1 is 1.18 bits per heavy atom. The fraction of sp³-hybridized carbons (Fsp3) is 0.273. The first-order valence-electron chi connectivity index (χ1n) is 11.1. The van der Waals surface area contributed by atoms with Gasteiger partial charge in [-0.2, -0.15) is 0 Å². The van der Waals surface area contributed by atoms with Gasteiger partial charge in [-0.05, 0) is 0 Å². The second kappa shape index (κ2) is 9.29. The van der Waals surface area contributed by atoms with Crippen LogP contribution in [-0.2, 0) is 17.1 Å². The molecule has 3 N–H and O–H groups in total. The minimum Gasteiger partial charge on any atom is -0.489 e. The molecule has 200 valence electrons. The Morgan fingerprint density at radius 3 is 2.55 bits per heavy atom. The molecular weight excluding hydrogens is 533 g/mol. The average molecular weight is 552 g/mol. The number of carbonyl (C=O) groups is 2. The summed E-state index contributed by atoms with van der Waals surface area (Å²) in [6.07, 6.45) is 3.25. The molecule has 2 atom stereocenters. The summed E-state index contributed by atoms with van der Waals surface area (Å²) in [6, 6.07) is 0.435. The largest absolute Gasteiger partial charge is 0.489 e. The summed E-state index contributed by atoms with van der Waals surface area (Å²) < 4.78 is 76.4. The minimum atomic E-state index is -4.25. The summed E-state index contributed by atoms with van der Waals surface area (Å²) in [4.78, 5) is 44.2. The lowest BCUT2D eigenvalue weighted by atomic mass is 10.1. The molecule has 0 radical (unpaired) electrons. The van der Waals surface area contributed by atoms with E-state index in [0.717, 1.165) is 18.6 Å². The average Bonchev–Trinajstić information content (AvgIpc) is 3.40. The third kappa shape index (κ3) is 4.51. The maximum atomic E-state index is 13.6. The van der Waals surface area contributed by atoms with Gasteiger partial charge in [-0.15, -0.1) is 0 Å². The number of nitrogens with one attached hydrogen (secondary N) is 3. The topological polar surface area (TPSA) is 155 Å². The van der Waals surface area contributed by atoms with Crippen LogP contribution in [0.3, 0.4) is 0 Å². The quantitative estimate of drug-likeness (QED) is 0.402. The number of H-pyrrole nitrogens is 1. The molecule has 3 aromatic rings. The van der Waals surface area contributed by atoms with Gasteiger partial charge in [-0.25, -0.2) is 31.3 Å². The first kappa shape index (κ1) is 25.5. The number of rotatable bonds is 3. The molecule has 5 rings (SSSR count). The van der Waals surface area contributed by atoms with Crippen LogP contribution in [0.2, 0.25) is 0 Å². The van der Waals surface area contributed by atoms with Gasteiger partial charge in [-0.3, -0.25) is 14.4 Å². The smallest absolute Gasteiger partial charge is 0.276 e. The van der Waals surface area contributed by atoms with E-state index in [0.29, 0.717) is 12.1 Å². The molecular formula is C22H19F3N6O6S. The molecule has 4 heterocycles. The number of aryl methyl sites for hydroxylation is 1. The second-order valence-corrected chi connectivity index (χ2v) is 10.5. The number of fused-ring (bicyclic) bond motifs is 2. The highest BCUT2D eigenvalue weighted by molar-refractivity contribution is 7.89. The third-order valence-corrected chi connectivity index (χ3v) is 7.70. The predicted molar refractivity (Wildman–Crippen MR) is 124 cm³/mol. The standard InChI is InChI=1S/C22H19F3N6O6S/c1-30-8-16-20(19(30)21(33)28-11-2-12(23)18(25)13(24)3-11)37-9-10-6-31(7-15(10)29-38(16,35)36)22(34)14-4-27-17(32)5-26-14/h2-5,8,10,15,29H,6-7,9H2,1H3,(H,27,32)(H,28,33). The number of nitrogens with zero attached hydrogens (tertiary/aromatic N) is 3. The Balaban J connectivity index is 1.41. The molecule has 2 amide bonds. The van der Waals surface area contributed by atoms with Gasteiger partial charge in [0.05, 0.1) is 12.8 Å². The van der Waals surface area contributed by atoms with Crippen LogP contribution in [0.1, 0.15) is 21.0 Å². The van der Waals surface area contributed by atoms with Crippen LogP contribution in [0, 0.1) is 23.4 Å². The SMILES string of the molecule is Cn1cc2c(c1C(=O)Nc1cc(F)c(F)c(F)c1)OCC1CN(C(=O)c3c[nH]c(=O)cn3)CC1NS2(=O)=O. The molecule has 2 aliphatic heterocycles. The van der Waals surface area contributed by atoms with E-state index in [1.165, 1.54) is 16.5 Å². The Kier molecular flexibility index (Phi) is 6.22. The molecule has 1 aromatic carbocycles. The van der Waals surface area contributed by atoms with Crippen molar-refractivity contribution in [2.45, 2.75) is 10.9 Å². The third-order valence-electron chi connectivity index (χ3n) is 6.22. The van der Waals surface area contributed by atoms with Gasteiger partial charge in [-0.1, -0.05) is 0 Å². The van der Waals surface area contributed by atoms with Crippen molar-refractivity contribution in [2.24, 2.45) is 13.0 Å². The van der Waals surface area contributed by atoms with Crippen LogP contribution in [0.15, 0.2) is 40.4 Å². The zero-order valence-electron chi connectivity index (χ0n) is 19.5. The van der Waals surface area contributed by atoms with Crippen molar-refractivity contribution in [2.75, 3.05) is 25.0 Å². The van der Waals surface area contributed by atoms with Crippen molar-refractivity contribution < 1.29 is 35.9 Å². The van der Waals surface area contributed by atoms with E-state index in [1.54, 1.807) is 0 Å². The van der Waals surface area contributed by atoms with E-state index in [1.807, 2.05) is 0 Å². The zero-order valence-corrected chi connectivity index (χ0v) is 20.3. The van der Waals surface area contributed by atoms with E-state index in [9.17, 15) is 36.0 Å². The lowest BCUT2D eigenvalue weighted by molar-refractivity contribution is 0.0775. The molecule has 2 aliphatic rings. The highest BCUT2D eigenvalue weighted by atomic mass is 32.2. The molecule has 0 bridgehead atoms. The lowest BCUT2D eigenvalue weighted by Gasteiger charge is -2.23. The van der Waals surface area contributed by atoms with Crippen LogP contribution in [0.4, 0.5) is 18.9 Å². The number of sulfonamides is 1. The molecule has 38 heavy (non-hydrogen) atoms. The first-order valence-corrected chi connectivity index (χ1v) is 12.6. The maximum Gasteiger partial charge on any atom is 0.276 e. The molecule has 0 saturated carbocycles. The van der Waals surface area contributed by atoms with Gasteiger partial charge in [0.1, 0.15) is 10.6 Å². The van der Waals surface area contributed by atoms with E-state index < -0.39 is 62.5 Å². The van der Waals surface area contributed by atoms with Gasteiger partial charge in [0, 0.05) is 62.3 Å². The van der Waals surface area contributed by atoms with E-state index in [4.69, 9.17) is 4.74 Å². The van der Waals surface area contributed by atoms with Crippen LogP contribution in [0.25, 0.3) is 0 Å². The molecule has 0 aliphatic carbocycles. The molecule has 1 fully saturated rings. The fourth-order valence-electron chi connectivity index (χ4n) is 4.40. The van der Waals surface area contributed by atoms with Crippen molar-refractivity contribution >= 4 is 27.5 Å². The molecule has 16 heteroatoms. The summed E-state index contributed by atoms with van der Waals surface area (Å²) in [7, 11) is -2.87. The van der Waals surface area contributed by atoms with Crippen molar-refractivity contribution in [3.63, 3.8) is 0 Å². The number of aromatic nitrogens is 3. The Morgan fingerprint density at radius 2 is 1.89 bits per heavy atom. The Bertz CT molecular complexity index is 1600. The monoisotopic (exact) mass is 552 g/mol. The number of anilines is 1. The molecule has 12 nitrogen and oxygen atoms in total. The number of hydrogen-bond donors (Lipinski definition) is 3. The van der Waals surface area contributed by atoms with Crippen LogP contribution < -0.4 is 20.3 Å². The molecule has 0 spiro atoms. The van der Waals surface area contributed by atoms with Gasteiger partial charge in [0.15, 0.2) is 28.9 Å². The lowest BCUT2D eigenvalue weighted by Crippen LogP contribution is -2.43. The number of amides is 2. The van der Waals surface area contributed by atoms with Crippen molar-refractivity contribution in [3.05, 3.63) is 69.9 Å². The summed E-state index contributed by atoms with van der Waals surface area (Å²) >= 11 is 0. The predicted octanol–water partition coefficient (Wildman–Crippen LogP) is 0.589. The van der Waals surface area contributed by atoms with E-state index in [2.05, 4.69) is 20.0 Å². The number of aromatic amines is 1. The fourth-order valence-corrected chi connectivity index (χ4v) is 5.89. The molecule has 2 unspecified atom stereocenters. The highest BCUT2D eigenvalue weighted by Crippen LogP contribution is 2.35. The van der Waals surface area contributed by atoms with Crippen molar-refractivity contribution in [1.82, 2.24) is 24.2 Å². The number of carbonyl (C=O) groups excluding carboxylic acids is 2. The minimum absolute atomic E-state index is 0.00407. The number of hydrogen-bond acceptors (Lipinski definition) is 7. The van der Waals surface area contributed by atoms with Crippen molar-refractivity contribution in [3.8, 4) is 5.75 Å². The highest BCUT2D eigenvalue weighted by Gasteiger charge is 2.42. The number of likely N-dealkylation sites (tertiary alicyclic amines) is 1. The van der Waals surface area contributed by atoms with Gasteiger partial charge in [0.2, 0.25) is 10.0 Å². The first-order chi connectivity index (χ1) is 17.9. The Hall–Kier alpha value is -4.18. The summed E-state index contributed by atoms with van der Waals surface area (Å²) in [5.74, 6) is -7.04. The maximum absolute atomic E-state index is 13.6. The number of halogens is 3. The second-order valence-electron chi connectivity index (χ2n) is 8.80. The Labute approximate surface area is 212 Å². The summed E-state index contributed by atoms with van der Waals surface area (Å²) in [5, 5.41) is 2.21. The summed E-state index contributed by atoms with van der Waals surface area (Å²) in [6.45, 7) is 0.00186. The number of benzene rings is 1. The van der Waals surface area contributed by atoms with Crippen LogP contribution in [0.5, 0.6) is 5.75 Å². The summed E-state index contributed by atoms with van der Waals surface area (Å²) in [5.41, 5.74) is -1.18. The molecule has 2 aromatic heterocycles. The molecule has 1 saturated heterocycles. The zero-order chi connectivity index (χ0) is 27.4. The van der Waals surface area contributed by atoms with Gasteiger partial charge >= 0.3 is 0 Å². The van der Waals surface area contributed by atoms with Crippen molar-refractivity contribution in [1.29, 1.82) is 0 Å². The van der Waals surface area contributed by atoms with Crippen LogP contribution in [-0.4, -0.2) is 65.4 Å². The normalized spacial score (nSPS) is 20.1. The number of ether oxygens (including phenoxy) is 1. The van der Waals surface area contributed by atoms with Gasteiger partial charge < -0.3 is 24.5 Å².